The summed E-state index contributed by atoms with van der Waals surface area (Å²) in [6.07, 6.45) is 2.53. The van der Waals surface area contributed by atoms with Crippen LogP contribution in [0.15, 0.2) is 48.5 Å². The van der Waals surface area contributed by atoms with Crippen LogP contribution in [0.3, 0.4) is 0 Å². The number of nitrogens with zero attached hydrogens (tertiary/aromatic N) is 3. The number of carbonyl (C=O) groups excluding carboxylic acids is 1. The predicted molar refractivity (Wildman–Crippen MR) is 105 cm³/mol. The van der Waals surface area contributed by atoms with Gasteiger partial charge in [0.25, 0.3) is 0 Å². The largest absolute Gasteiger partial charge is 0.371 e. The van der Waals surface area contributed by atoms with Crippen molar-refractivity contribution in [3.63, 3.8) is 0 Å². The average Bonchev–Trinajstić information content (AvgIpc) is 3.31. The molecule has 2 aliphatic heterocycles. The molecule has 4 rings (SSSR count). The Morgan fingerprint density at radius 3 is 2.27 bits per heavy atom. The van der Waals surface area contributed by atoms with Crippen LogP contribution >= 0.6 is 0 Å². The normalized spacial score (nSPS) is 16.7. The number of carbonyl (C=O) groups is 1. The molecule has 136 valence electrons. The molecule has 0 bridgehead atoms. The first-order chi connectivity index (χ1) is 12.7. The minimum absolute atomic E-state index is 0.189. The van der Waals surface area contributed by atoms with Crippen LogP contribution in [0.4, 0.5) is 5.69 Å². The molecule has 0 spiro atoms. The van der Waals surface area contributed by atoms with E-state index in [4.69, 9.17) is 0 Å². The first-order valence-corrected chi connectivity index (χ1v) is 9.56. The van der Waals surface area contributed by atoms with Gasteiger partial charge in [0.15, 0.2) is 0 Å². The molecule has 4 heteroatoms. The molecule has 1 saturated heterocycles. The minimum Gasteiger partial charge on any atom is -0.371 e. The zero-order valence-electron chi connectivity index (χ0n) is 15.5. The fraction of sp³-hybridized carbons (Fsp3) is 0.409. The van der Waals surface area contributed by atoms with Crippen molar-refractivity contribution >= 4 is 11.6 Å². The standard InChI is InChI=1S/C22H27N3O/c1-23(14-20-10-4-5-11-21(20)25-12-6-7-13-25)22(26)17-24-15-18-8-2-3-9-19(18)16-24/h2-5,8-11H,6-7,12-17H2,1H3. The van der Waals surface area contributed by atoms with Gasteiger partial charge in [0, 0.05) is 45.5 Å². The van der Waals surface area contributed by atoms with Crippen molar-refractivity contribution in [1.29, 1.82) is 0 Å². The number of fused-ring (bicyclic) bond motifs is 1. The molecule has 1 amide bonds. The second-order valence-electron chi connectivity index (χ2n) is 7.49. The highest BCUT2D eigenvalue weighted by Gasteiger charge is 2.23. The third kappa shape index (κ3) is 3.61. The number of hydrogen-bond acceptors (Lipinski definition) is 3. The Balaban J connectivity index is 1.38. The van der Waals surface area contributed by atoms with Crippen molar-refractivity contribution in [2.45, 2.75) is 32.5 Å². The van der Waals surface area contributed by atoms with Crippen LogP contribution < -0.4 is 4.90 Å². The molecule has 1 fully saturated rings. The van der Waals surface area contributed by atoms with Crippen LogP contribution in [0, 0.1) is 0 Å². The van der Waals surface area contributed by atoms with Crippen molar-refractivity contribution in [3.05, 3.63) is 65.2 Å². The highest BCUT2D eigenvalue weighted by Crippen LogP contribution is 2.26. The van der Waals surface area contributed by atoms with Gasteiger partial charge >= 0.3 is 0 Å². The lowest BCUT2D eigenvalue weighted by molar-refractivity contribution is -0.131. The predicted octanol–water partition coefficient (Wildman–Crippen LogP) is 3.26. The highest BCUT2D eigenvalue weighted by atomic mass is 16.2. The molecule has 26 heavy (non-hydrogen) atoms. The van der Waals surface area contributed by atoms with Crippen LogP contribution in [0.1, 0.15) is 29.5 Å². The van der Waals surface area contributed by atoms with Crippen LogP contribution in [0.2, 0.25) is 0 Å². The van der Waals surface area contributed by atoms with Gasteiger partial charge in [0.1, 0.15) is 0 Å². The number of likely N-dealkylation sites (N-methyl/N-ethyl adjacent to an activating group) is 1. The first-order valence-electron chi connectivity index (χ1n) is 9.56. The zero-order valence-corrected chi connectivity index (χ0v) is 15.5. The van der Waals surface area contributed by atoms with Gasteiger partial charge in [-0.25, -0.2) is 0 Å². The summed E-state index contributed by atoms with van der Waals surface area (Å²) in [5.74, 6) is 0.189. The van der Waals surface area contributed by atoms with Crippen molar-refractivity contribution in [3.8, 4) is 0 Å². The lowest BCUT2D eigenvalue weighted by atomic mass is 10.1. The maximum Gasteiger partial charge on any atom is 0.236 e. The van der Waals surface area contributed by atoms with Gasteiger partial charge in [-0.3, -0.25) is 9.69 Å². The quantitative estimate of drug-likeness (QED) is 0.829. The van der Waals surface area contributed by atoms with E-state index in [1.54, 1.807) is 0 Å². The molecule has 2 aromatic carbocycles. The third-order valence-corrected chi connectivity index (χ3v) is 5.54. The Morgan fingerprint density at radius 1 is 0.962 bits per heavy atom. The van der Waals surface area contributed by atoms with Crippen molar-refractivity contribution in [2.24, 2.45) is 0 Å². The monoisotopic (exact) mass is 349 g/mol. The van der Waals surface area contributed by atoms with E-state index >= 15 is 0 Å². The van der Waals surface area contributed by atoms with Gasteiger partial charge in [-0.05, 0) is 35.6 Å². The van der Waals surface area contributed by atoms with E-state index in [-0.39, 0.29) is 5.91 Å². The summed E-state index contributed by atoms with van der Waals surface area (Å²) in [6.45, 7) is 5.16. The van der Waals surface area contributed by atoms with E-state index in [0.29, 0.717) is 13.1 Å². The summed E-state index contributed by atoms with van der Waals surface area (Å²) >= 11 is 0. The molecule has 2 aliphatic rings. The van der Waals surface area contributed by atoms with E-state index in [1.807, 2.05) is 11.9 Å². The maximum atomic E-state index is 12.8. The Kier molecular flexibility index (Phi) is 4.93. The molecule has 2 aromatic rings. The van der Waals surface area contributed by atoms with Crippen molar-refractivity contribution in [2.75, 3.05) is 31.6 Å². The van der Waals surface area contributed by atoms with Gasteiger partial charge in [-0.2, -0.15) is 0 Å². The van der Waals surface area contributed by atoms with Gasteiger partial charge in [0.2, 0.25) is 5.91 Å². The first kappa shape index (κ1) is 17.1. The van der Waals surface area contributed by atoms with Crippen LogP contribution in [-0.2, 0) is 24.4 Å². The third-order valence-electron chi connectivity index (χ3n) is 5.54. The molecule has 0 radical (unpaired) electrons. The fourth-order valence-electron chi connectivity index (χ4n) is 4.08. The summed E-state index contributed by atoms with van der Waals surface area (Å²) < 4.78 is 0. The van der Waals surface area contributed by atoms with Crippen molar-refractivity contribution < 1.29 is 4.79 Å². The van der Waals surface area contributed by atoms with Gasteiger partial charge in [-0.1, -0.05) is 42.5 Å². The van der Waals surface area contributed by atoms with E-state index in [0.717, 1.165) is 26.2 Å². The summed E-state index contributed by atoms with van der Waals surface area (Å²) in [5.41, 5.74) is 5.23. The lowest BCUT2D eigenvalue weighted by Crippen LogP contribution is -2.36. The highest BCUT2D eigenvalue weighted by molar-refractivity contribution is 5.78. The van der Waals surface area contributed by atoms with Gasteiger partial charge in [0.05, 0.1) is 6.54 Å². The summed E-state index contributed by atoms with van der Waals surface area (Å²) in [4.78, 5) is 19.3. The Bertz CT molecular complexity index is 757. The Morgan fingerprint density at radius 2 is 1.58 bits per heavy atom. The molecular formula is C22H27N3O. The summed E-state index contributed by atoms with van der Waals surface area (Å²) in [6, 6.07) is 17.0. The molecule has 0 aromatic heterocycles. The molecule has 2 heterocycles. The minimum atomic E-state index is 0.189. The van der Waals surface area contributed by atoms with E-state index in [9.17, 15) is 4.79 Å². The SMILES string of the molecule is CN(Cc1ccccc1N1CCCC1)C(=O)CN1Cc2ccccc2C1. The summed E-state index contributed by atoms with van der Waals surface area (Å²) in [5, 5.41) is 0. The molecule has 0 aliphatic carbocycles. The Labute approximate surface area is 156 Å². The van der Waals surface area contributed by atoms with Crippen molar-refractivity contribution in [1.82, 2.24) is 9.80 Å². The number of amides is 1. The topological polar surface area (TPSA) is 26.8 Å². The van der Waals surface area contributed by atoms with E-state index in [2.05, 4.69) is 58.3 Å². The van der Waals surface area contributed by atoms with Crippen LogP contribution in [-0.4, -0.2) is 42.4 Å². The average molecular weight is 349 g/mol. The fourth-order valence-corrected chi connectivity index (χ4v) is 4.08. The van der Waals surface area contributed by atoms with E-state index < -0.39 is 0 Å². The smallest absolute Gasteiger partial charge is 0.236 e. The number of para-hydroxylation sites is 1. The zero-order chi connectivity index (χ0) is 17.9. The van der Waals surface area contributed by atoms with E-state index in [1.165, 1.54) is 35.2 Å². The number of benzene rings is 2. The van der Waals surface area contributed by atoms with Crippen LogP contribution in [0.25, 0.3) is 0 Å². The maximum absolute atomic E-state index is 12.8. The summed E-state index contributed by atoms with van der Waals surface area (Å²) in [7, 11) is 1.92. The molecular weight excluding hydrogens is 322 g/mol. The number of hydrogen-bond donors (Lipinski definition) is 0. The number of anilines is 1. The second kappa shape index (κ2) is 7.50. The molecule has 0 saturated carbocycles. The molecule has 0 unspecified atom stereocenters. The Hall–Kier alpha value is -2.33. The van der Waals surface area contributed by atoms with Gasteiger partial charge < -0.3 is 9.80 Å². The van der Waals surface area contributed by atoms with Gasteiger partial charge in [-0.15, -0.1) is 0 Å². The van der Waals surface area contributed by atoms with Crippen LogP contribution in [0.5, 0.6) is 0 Å². The number of rotatable bonds is 5. The molecule has 4 nitrogen and oxygen atoms in total. The molecule has 0 N–H and O–H groups in total. The molecule has 0 atom stereocenters. The lowest BCUT2D eigenvalue weighted by Gasteiger charge is -2.25. The second-order valence-corrected chi connectivity index (χ2v) is 7.49.